The Balaban J connectivity index is 2.17. The van der Waals surface area contributed by atoms with E-state index in [4.69, 9.17) is 11.6 Å². The highest BCUT2D eigenvalue weighted by molar-refractivity contribution is 9.10. The van der Waals surface area contributed by atoms with E-state index in [0.29, 0.717) is 0 Å². The van der Waals surface area contributed by atoms with E-state index in [0.717, 1.165) is 26.9 Å². The Bertz CT molecular complexity index is 743. The van der Waals surface area contributed by atoms with E-state index < -0.39 is 5.82 Å². The fourth-order valence-corrected chi connectivity index (χ4v) is 2.41. The zero-order valence-corrected chi connectivity index (χ0v) is 12.3. The van der Waals surface area contributed by atoms with Gasteiger partial charge >= 0.3 is 0 Å². The van der Waals surface area contributed by atoms with Crippen molar-refractivity contribution in [2.75, 3.05) is 0 Å². The summed E-state index contributed by atoms with van der Waals surface area (Å²) in [5.41, 5.74) is 3.52. The Labute approximate surface area is 123 Å². The normalized spacial score (nSPS) is 11.2. The number of pyridine rings is 1. The molecule has 0 aliphatic carbocycles. The maximum atomic E-state index is 13.2. The summed E-state index contributed by atoms with van der Waals surface area (Å²) in [5.74, 6) is -0.423. The second-order valence-electron chi connectivity index (χ2n) is 4.32. The number of aromatic nitrogens is 2. The number of hydrogen-bond donors (Lipinski definition) is 0. The molecular formula is C14H9BrClFN2. The number of hydrogen-bond acceptors (Lipinski definition) is 1. The predicted molar refractivity (Wildman–Crippen MR) is 78.0 cm³/mol. The fraction of sp³-hybridized carbons (Fsp3) is 0.0714. The molecule has 3 aromatic rings. The van der Waals surface area contributed by atoms with Crippen LogP contribution in [0.4, 0.5) is 4.39 Å². The van der Waals surface area contributed by atoms with E-state index in [1.165, 1.54) is 6.07 Å². The van der Waals surface area contributed by atoms with Crippen LogP contribution in [0.5, 0.6) is 0 Å². The quantitative estimate of drug-likeness (QED) is 0.618. The largest absolute Gasteiger partial charge is 0.305 e. The molecule has 0 atom stereocenters. The summed E-state index contributed by atoms with van der Waals surface area (Å²) in [4.78, 5) is 4.52. The van der Waals surface area contributed by atoms with E-state index >= 15 is 0 Å². The third-order valence-electron chi connectivity index (χ3n) is 2.95. The summed E-state index contributed by atoms with van der Waals surface area (Å²) >= 11 is 9.28. The number of benzene rings is 1. The highest BCUT2D eigenvalue weighted by Gasteiger charge is 2.08. The molecule has 3 rings (SSSR count). The van der Waals surface area contributed by atoms with E-state index in [9.17, 15) is 4.39 Å². The third-order valence-corrected chi connectivity index (χ3v) is 4.07. The van der Waals surface area contributed by atoms with Gasteiger partial charge in [-0.2, -0.15) is 0 Å². The zero-order chi connectivity index (χ0) is 13.6. The topological polar surface area (TPSA) is 17.3 Å². The van der Waals surface area contributed by atoms with Gasteiger partial charge in [-0.3, -0.25) is 0 Å². The number of fused-ring (bicyclic) bond motifs is 1. The van der Waals surface area contributed by atoms with Crippen molar-refractivity contribution < 1.29 is 4.39 Å². The van der Waals surface area contributed by atoms with Crippen LogP contribution >= 0.6 is 27.5 Å². The molecule has 0 amide bonds. The summed E-state index contributed by atoms with van der Waals surface area (Å²) < 4.78 is 16.1. The first-order valence-corrected chi connectivity index (χ1v) is 6.82. The lowest BCUT2D eigenvalue weighted by Crippen LogP contribution is -1.85. The number of imidazole rings is 1. The first kappa shape index (κ1) is 12.6. The van der Waals surface area contributed by atoms with Gasteiger partial charge in [0.2, 0.25) is 0 Å². The van der Waals surface area contributed by atoms with E-state index in [2.05, 4.69) is 20.9 Å². The summed E-state index contributed by atoms with van der Waals surface area (Å²) in [5, 5.41) is 0.104. The summed E-state index contributed by atoms with van der Waals surface area (Å²) in [6, 6.07) is 6.59. The second kappa shape index (κ2) is 4.62. The number of halogens is 3. The molecule has 0 radical (unpaired) electrons. The Morgan fingerprint density at radius 2 is 2.05 bits per heavy atom. The predicted octanol–water partition coefficient (Wildman–Crippen LogP) is 4.86. The maximum absolute atomic E-state index is 13.2. The first-order valence-electron chi connectivity index (χ1n) is 5.65. The minimum atomic E-state index is -0.423. The van der Waals surface area contributed by atoms with Gasteiger partial charge in [-0.1, -0.05) is 11.6 Å². The lowest BCUT2D eigenvalue weighted by atomic mass is 10.2. The number of aryl methyl sites for hydroxylation is 1. The van der Waals surface area contributed by atoms with Crippen molar-refractivity contribution in [1.29, 1.82) is 0 Å². The van der Waals surface area contributed by atoms with Gasteiger partial charge in [-0.15, -0.1) is 0 Å². The smallest absolute Gasteiger partial charge is 0.141 e. The Hall–Kier alpha value is -1.39. The molecule has 2 aromatic heterocycles. The Kier molecular flexibility index (Phi) is 3.07. The second-order valence-corrected chi connectivity index (χ2v) is 5.59. The van der Waals surface area contributed by atoms with Crippen molar-refractivity contribution in [1.82, 2.24) is 9.38 Å². The number of nitrogens with zero attached hydrogens (tertiary/aromatic N) is 2. The molecule has 1 aromatic carbocycles. The van der Waals surface area contributed by atoms with E-state index in [1.54, 1.807) is 12.1 Å². The maximum Gasteiger partial charge on any atom is 0.141 e. The van der Waals surface area contributed by atoms with Gasteiger partial charge in [0.05, 0.1) is 10.7 Å². The molecule has 0 aliphatic heterocycles. The molecular weight excluding hydrogens is 331 g/mol. The van der Waals surface area contributed by atoms with Crippen molar-refractivity contribution in [3.8, 4) is 11.3 Å². The monoisotopic (exact) mass is 338 g/mol. The molecule has 0 bridgehead atoms. The van der Waals surface area contributed by atoms with Gasteiger partial charge in [0.1, 0.15) is 11.5 Å². The molecule has 0 unspecified atom stereocenters. The van der Waals surface area contributed by atoms with Gasteiger partial charge in [0.15, 0.2) is 0 Å². The molecule has 0 fully saturated rings. The van der Waals surface area contributed by atoms with Gasteiger partial charge in [-0.05, 0) is 52.7 Å². The molecule has 19 heavy (non-hydrogen) atoms. The highest BCUT2D eigenvalue weighted by atomic mass is 79.9. The summed E-state index contributed by atoms with van der Waals surface area (Å²) in [6.07, 6.45) is 3.84. The molecule has 2 nitrogen and oxygen atoms in total. The van der Waals surface area contributed by atoms with E-state index in [-0.39, 0.29) is 5.02 Å². The minimum absolute atomic E-state index is 0.104. The van der Waals surface area contributed by atoms with Crippen LogP contribution in [0.1, 0.15) is 5.56 Å². The van der Waals surface area contributed by atoms with Crippen LogP contribution in [0.25, 0.3) is 16.9 Å². The Morgan fingerprint density at radius 3 is 2.79 bits per heavy atom. The molecule has 0 N–H and O–H groups in total. The van der Waals surface area contributed by atoms with Crippen LogP contribution in [0, 0.1) is 12.7 Å². The van der Waals surface area contributed by atoms with Gasteiger partial charge in [0, 0.05) is 22.4 Å². The molecule has 5 heteroatoms. The fourth-order valence-electron chi connectivity index (χ4n) is 1.90. The van der Waals surface area contributed by atoms with Crippen molar-refractivity contribution in [2.24, 2.45) is 0 Å². The van der Waals surface area contributed by atoms with Gasteiger partial charge in [0.25, 0.3) is 0 Å². The molecule has 0 aliphatic rings. The Morgan fingerprint density at radius 1 is 1.26 bits per heavy atom. The van der Waals surface area contributed by atoms with Gasteiger partial charge in [-0.25, -0.2) is 9.37 Å². The third kappa shape index (κ3) is 2.26. The van der Waals surface area contributed by atoms with E-state index in [1.807, 2.05) is 29.8 Å². The summed E-state index contributed by atoms with van der Waals surface area (Å²) in [6.45, 7) is 2.01. The lowest BCUT2D eigenvalue weighted by molar-refractivity contribution is 0.628. The van der Waals surface area contributed by atoms with Crippen molar-refractivity contribution >= 4 is 33.2 Å². The molecule has 0 saturated heterocycles. The van der Waals surface area contributed by atoms with Crippen molar-refractivity contribution in [3.05, 3.63) is 57.5 Å². The number of rotatable bonds is 1. The lowest BCUT2D eigenvalue weighted by Gasteiger charge is -1.98. The molecule has 2 heterocycles. The van der Waals surface area contributed by atoms with Crippen LogP contribution in [0.15, 0.2) is 41.1 Å². The minimum Gasteiger partial charge on any atom is -0.305 e. The zero-order valence-electron chi connectivity index (χ0n) is 9.99. The molecule has 0 saturated carbocycles. The van der Waals surface area contributed by atoms with Crippen molar-refractivity contribution in [2.45, 2.75) is 6.92 Å². The standard InChI is InChI=1S/C14H9BrClFN2/c1-8-4-14-18-13(7-19(14)6-10(8)15)9-2-3-12(17)11(16)5-9/h2-7H,1H3. The molecule has 0 spiro atoms. The van der Waals surface area contributed by atoms with Crippen LogP contribution in [0.2, 0.25) is 5.02 Å². The average molecular weight is 340 g/mol. The van der Waals surface area contributed by atoms with Crippen LogP contribution in [-0.4, -0.2) is 9.38 Å². The van der Waals surface area contributed by atoms with Crippen molar-refractivity contribution in [3.63, 3.8) is 0 Å². The first-order chi connectivity index (χ1) is 9.04. The van der Waals surface area contributed by atoms with Crippen LogP contribution in [0.3, 0.4) is 0 Å². The summed E-state index contributed by atoms with van der Waals surface area (Å²) in [7, 11) is 0. The molecule has 96 valence electrons. The highest BCUT2D eigenvalue weighted by Crippen LogP contribution is 2.26. The average Bonchev–Trinajstić information content (AvgIpc) is 2.76. The van der Waals surface area contributed by atoms with Crippen LogP contribution in [-0.2, 0) is 0 Å². The van der Waals surface area contributed by atoms with Gasteiger partial charge < -0.3 is 4.40 Å². The van der Waals surface area contributed by atoms with Crippen LogP contribution < -0.4 is 0 Å². The SMILES string of the molecule is Cc1cc2nc(-c3ccc(F)c(Cl)c3)cn2cc1Br.